The summed E-state index contributed by atoms with van der Waals surface area (Å²) in [6, 6.07) is 0. The van der Waals surface area contributed by atoms with Gasteiger partial charge in [-0.05, 0) is 0 Å². The normalized spacial score (nSPS) is 0.800. The van der Waals surface area contributed by atoms with E-state index in [2.05, 4.69) is 26.3 Å². The third kappa shape index (κ3) is 30600. The Morgan fingerprint density at radius 2 is 0.600 bits per heavy atom. The van der Waals surface area contributed by atoms with Gasteiger partial charge >= 0.3 is 51.4 Å². The van der Waals surface area contributed by atoms with E-state index in [9.17, 15) is 0 Å². The summed E-state index contributed by atoms with van der Waals surface area (Å²) in [5.41, 5.74) is 0. The molecule has 0 fully saturated rings. The van der Waals surface area contributed by atoms with Crippen molar-refractivity contribution in [1.82, 2.24) is 0 Å². The van der Waals surface area contributed by atoms with E-state index in [1.54, 1.807) is 0 Å². The van der Waals surface area contributed by atoms with Gasteiger partial charge < -0.3 is 1.43 Å². The van der Waals surface area contributed by atoms with Crippen LogP contribution in [0.15, 0.2) is 0 Å². The molecule has 0 aromatic rings. The van der Waals surface area contributed by atoms with Crippen molar-refractivity contribution in [3.63, 3.8) is 0 Å². The average molecular weight is 204 g/mol. The molecule has 0 saturated heterocycles. The van der Waals surface area contributed by atoms with Crippen molar-refractivity contribution in [2.24, 2.45) is 0 Å². The van der Waals surface area contributed by atoms with E-state index >= 15 is 0 Å². The van der Waals surface area contributed by atoms with Crippen LogP contribution in [0.4, 0.5) is 0 Å². The summed E-state index contributed by atoms with van der Waals surface area (Å²) >= 11 is 0. The Balaban J connectivity index is -0.00000000356. The Morgan fingerprint density at radius 3 is 0.600 bits per heavy atom. The molecule has 0 aliphatic carbocycles. The molecule has 0 unspecified atom stereocenters. The van der Waals surface area contributed by atoms with Crippen molar-refractivity contribution >= 4 is 0 Å². The molecule has 0 aliphatic heterocycles. The van der Waals surface area contributed by atoms with Crippen LogP contribution in [0.2, 0.25) is 0 Å². The van der Waals surface area contributed by atoms with Crippen molar-refractivity contribution in [1.29, 1.82) is 21.0 Å². The van der Waals surface area contributed by atoms with E-state index in [1.165, 1.54) is 0 Å². The van der Waals surface area contributed by atoms with Gasteiger partial charge in [-0.15, -0.1) is 0 Å². The predicted molar refractivity (Wildman–Crippen MR) is 27.8 cm³/mol. The first-order valence-corrected chi connectivity index (χ1v) is 1.03. The molecule has 0 radical (unpaired) electrons. The first-order valence-electron chi connectivity index (χ1n) is 1.03. The molecule has 0 rings (SSSR count). The van der Waals surface area contributed by atoms with Crippen molar-refractivity contribution in [3.8, 4) is 26.3 Å². The molecule has 0 N–H and O–H groups in total. The van der Waals surface area contributed by atoms with Crippen molar-refractivity contribution in [3.05, 3.63) is 0 Å². The van der Waals surface area contributed by atoms with Gasteiger partial charge in [-0.25, -0.2) is 21.0 Å². The molecule has 0 aliphatic rings. The molecule has 50 valence electrons. The molecule has 6 heteroatoms. The summed E-state index contributed by atoms with van der Waals surface area (Å²) in [7, 11) is 0. The van der Waals surface area contributed by atoms with Gasteiger partial charge in [0.25, 0.3) is 0 Å². The van der Waals surface area contributed by atoms with Crippen LogP contribution < -0.4 is 51.4 Å². The molecule has 0 atom stereocenters. The molecule has 0 heterocycles. The van der Waals surface area contributed by atoms with Crippen LogP contribution >= 0.6 is 0 Å². The number of nitriles is 4. The van der Waals surface area contributed by atoms with E-state index in [-0.39, 0.29) is 69.9 Å². The van der Waals surface area contributed by atoms with Crippen LogP contribution in [0.3, 0.4) is 0 Å². The van der Waals surface area contributed by atoms with Gasteiger partial charge in [0.1, 0.15) is 0 Å². The maximum Gasteiger partial charge on any atom is 1.00 e. The number of rotatable bonds is 0. The Morgan fingerprint density at radius 1 is 0.600 bits per heavy atom. The molecular formula is C4H5FeKN4. The van der Waals surface area contributed by atoms with Gasteiger partial charge in [0.15, 0.2) is 0 Å². The molecule has 0 amide bonds. The van der Waals surface area contributed by atoms with Crippen LogP contribution in [-0.2, 0) is 17.1 Å². The summed E-state index contributed by atoms with van der Waals surface area (Å²) in [5.74, 6) is 0. The maximum absolute atomic E-state index is 6.50. The molecule has 0 aromatic heterocycles. The molecule has 0 aromatic carbocycles. The quantitative estimate of drug-likeness (QED) is 0.413. The van der Waals surface area contributed by atoms with Gasteiger partial charge in [0, 0.05) is 43.4 Å². The van der Waals surface area contributed by atoms with Gasteiger partial charge in [-0.3, -0.25) is 0 Å². The fourth-order valence-corrected chi connectivity index (χ4v) is 0. The Bertz CT molecular complexity index is 65.1. The van der Waals surface area contributed by atoms with E-state index in [0.29, 0.717) is 0 Å². The number of hydrogen-bond acceptors (Lipinski definition) is 4. The standard InChI is InChI=1S/4CHN.Fe.K.H/c4*1-2;;;/h4*1H;;;/q;;;;;+1;-1. The second-order valence-corrected chi connectivity index (χ2v) is 0. The Kier molecular flexibility index (Phi) is 222000. The topological polar surface area (TPSA) is 95.2 Å². The summed E-state index contributed by atoms with van der Waals surface area (Å²) in [5, 5.41) is 26.0. The van der Waals surface area contributed by atoms with Crippen LogP contribution in [0.25, 0.3) is 0 Å². The van der Waals surface area contributed by atoms with Crippen LogP contribution in [0.5, 0.6) is 0 Å². The Labute approximate surface area is 115 Å². The van der Waals surface area contributed by atoms with Crippen molar-refractivity contribution in [2.75, 3.05) is 0 Å². The van der Waals surface area contributed by atoms with Crippen LogP contribution in [0, 0.1) is 47.3 Å². The van der Waals surface area contributed by atoms with Gasteiger partial charge in [-0.1, -0.05) is 0 Å². The Hall–Kier alpha value is 0.116. The van der Waals surface area contributed by atoms with Gasteiger partial charge in [-0.2, -0.15) is 0 Å². The van der Waals surface area contributed by atoms with E-state index in [4.69, 9.17) is 21.0 Å². The minimum absolute atomic E-state index is 0. The monoisotopic (exact) mass is 204 g/mol. The van der Waals surface area contributed by atoms with Gasteiger partial charge in [0.2, 0.25) is 0 Å². The molecule has 0 bridgehead atoms. The molecular weight excluding hydrogens is 199 g/mol. The van der Waals surface area contributed by atoms with Gasteiger partial charge in [0.05, 0.1) is 0 Å². The predicted octanol–water partition coefficient (Wildman–Crippen LogP) is -2.33. The third-order valence-electron chi connectivity index (χ3n) is 0. The van der Waals surface area contributed by atoms with Crippen molar-refractivity contribution in [2.45, 2.75) is 0 Å². The zero-order chi connectivity index (χ0) is 8.00. The van der Waals surface area contributed by atoms with Crippen LogP contribution in [-0.4, -0.2) is 0 Å². The minimum Gasteiger partial charge on any atom is -1.00 e. The fourth-order valence-electron chi connectivity index (χ4n) is 0. The van der Waals surface area contributed by atoms with E-state index in [0.717, 1.165) is 0 Å². The second-order valence-electron chi connectivity index (χ2n) is 0. The smallest absolute Gasteiger partial charge is 1.00 e. The first kappa shape index (κ1) is 49.6. The summed E-state index contributed by atoms with van der Waals surface area (Å²) in [6.45, 7) is 14.0. The van der Waals surface area contributed by atoms with E-state index in [1.807, 2.05) is 0 Å². The SMILES string of the molecule is C#N.C#N.C#N.C#N.[Fe].[H-].[K+]. The summed E-state index contributed by atoms with van der Waals surface area (Å²) in [4.78, 5) is 0. The maximum atomic E-state index is 6.50. The molecule has 0 spiro atoms. The largest absolute Gasteiger partial charge is 1.00 e. The third-order valence-corrected chi connectivity index (χ3v) is 0. The molecule has 4 nitrogen and oxygen atoms in total. The number of nitrogens with zero attached hydrogens (tertiary/aromatic N) is 4. The minimum atomic E-state index is 0. The zero-order valence-corrected chi connectivity index (χ0v) is 9.68. The second kappa shape index (κ2) is 44700. The average Bonchev–Trinajstić information content (AvgIpc) is 2.03. The summed E-state index contributed by atoms with van der Waals surface area (Å²) < 4.78 is 0. The fraction of sp³-hybridized carbons (Fsp3) is 0. The van der Waals surface area contributed by atoms with E-state index < -0.39 is 0 Å². The molecule has 0 saturated carbocycles. The first-order chi connectivity index (χ1) is 4.00. The molecule has 10 heavy (non-hydrogen) atoms. The summed E-state index contributed by atoms with van der Waals surface area (Å²) in [6.07, 6.45) is 0. The van der Waals surface area contributed by atoms with Crippen molar-refractivity contribution < 1.29 is 69.9 Å². The van der Waals surface area contributed by atoms with Crippen LogP contribution in [0.1, 0.15) is 1.43 Å². The number of hydrogen-bond donors (Lipinski definition) is 0. The zero-order valence-electron chi connectivity index (χ0n) is 6.45.